The number of aromatic nitrogens is 3. The number of nitrogens with zero attached hydrogens (tertiary/aromatic N) is 4. The minimum Gasteiger partial charge on any atom is -0.334 e. The van der Waals surface area contributed by atoms with Gasteiger partial charge < -0.3 is 9.84 Å². The van der Waals surface area contributed by atoms with Gasteiger partial charge in [0, 0.05) is 43.6 Å². The van der Waals surface area contributed by atoms with E-state index in [4.69, 9.17) is 4.52 Å². The van der Waals surface area contributed by atoms with E-state index in [9.17, 15) is 0 Å². The second kappa shape index (κ2) is 8.20. The summed E-state index contributed by atoms with van der Waals surface area (Å²) in [6, 6.07) is 14.2. The summed E-state index contributed by atoms with van der Waals surface area (Å²) in [6.45, 7) is 3.46. The summed E-state index contributed by atoms with van der Waals surface area (Å²) in [7, 11) is 0. The fourth-order valence-electron chi connectivity index (χ4n) is 3.04. The van der Waals surface area contributed by atoms with Crippen LogP contribution < -0.4 is 5.32 Å². The van der Waals surface area contributed by atoms with Crippen LogP contribution in [-0.4, -0.2) is 39.7 Å². The molecular formula is C18H20ClN5O. The van der Waals surface area contributed by atoms with Crippen LogP contribution in [0.15, 0.2) is 59.4 Å². The molecule has 1 unspecified atom stereocenters. The van der Waals surface area contributed by atoms with Crippen LogP contribution in [0, 0.1) is 0 Å². The lowest BCUT2D eigenvalue weighted by atomic mass is 10.1. The van der Waals surface area contributed by atoms with Crippen LogP contribution in [-0.2, 0) is 6.54 Å². The third-order valence-electron chi connectivity index (χ3n) is 4.26. The second-order valence-corrected chi connectivity index (χ2v) is 5.86. The molecule has 1 aromatic carbocycles. The van der Waals surface area contributed by atoms with E-state index < -0.39 is 0 Å². The summed E-state index contributed by atoms with van der Waals surface area (Å²) < 4.78 is 5.42. The number of hydrogen-bond acceptors (Lipinski definition) is 6. The molecule has 25 heavy (non-hydrogen) atoms. The van der Waals surface area contributed by atoms with Gasteiger partial charge in [-0.15, -0.1) is 12.4 Å². The molecule has 0 bridgehead atoms. The molecule has 1 atom stereocenters. The summed E-state index contributed by atoms with van der Waals surface area (Å²) in [5.41, 5.74) is 2.15. The third kappa shape index (κ3) is 4.04. The molecule has 1 fully saturated rings. The predicted molar refractivity (Wildman–Crippen MR) is 97.2 cm³/mol. The zero-order valence-electron chi connectivity index (χ0n) is 13.7. The normalized spacial score (nSPS) is 17.8. The number of nitrogens with one attached hydrogen (secondary N) is 1. The first-order valence-corrected chi connectivity index (χ1v) is 8.13. The lowest BCUT2D eigenvalue weighted by Crippen LogP contribution is -2.45. The quantitative estimate of drug-likeness (QED) is 0.774. The third-order valence-corrected chi connectivity index (χ3v) is 4.26. The van der Waals surface area contributed by atoms with Crippen LogP contribution in [0.1, 0.15) is 17.4 Å². The SMILES string of the molecule is Cl.c1ccc(-c2nc(CN3CCNCC3c3cccnc3)no2)cc1. The van der Waals surface area contributed by atoms with Gasteiger partial charge in [0.2, 0.25) is 0 Å². The van der Waals surface area contributed by atoms with Crippen molar-refractivity contribution in [3.05, 3.63) is 66.2 Å². The van der Waals surface area contributed by atoms with Crippen molar-refractivity contribution in [3.8, 4) is 11.5 Å². The van der Waals surface area contributed by atoms with E-state index in [1.807, 2.05) is 42.6 Å². The van der Waals surface area contributed by atoms with Crippen LogP contribution >= 0.6 is 12.4 Å². The number of pyridine rings is 1. The maximum absolute atomic E-state index is 5.42. The first kappa shape index (κ1) is 17.5. The van der Waals surface area contributed by atoms with E-state index in [-0.39, 0.29) is 18.4 Å². The largest absolute Gasteiger partial charge is 0.334 e. The molecular weight excluding hydrogens is 338 g/mol. The molecule has 0 spiro atoms. The number of hydrogen-bond donors (Lipinski definition) is 1. The summed E-state index contributed by atoms with van der Waals surface area (Å²) in [5.74, 6) is 1.28. The van der Waals surface area contributed by atoms with Crippen molar-refractivity contribution in [2.45, 2.75) is 12.6 Å². The van der Waals surface area contributed by atoms with Crippen LogP contribution in [0.4, 0.5) is 0 Å². The average molecular weight is 358 g/mol. The molecule has 1 aliphatic rings. The van der Waals surface area contributed by atoms with Crippen LogP contribution in [0.2, 0.25) is 0 Å². The zero-order valence-corrected chi connectivity index (χ0v) is 14.5. The minimum absolute atomic E-state index is 0. The van der Waals surface area contributed by atoms with E-state index in [0.717, 1.165) is 25.2 Å². The molecule has 2 aromatic heterocycles. The van der Waals surface area contributed by atoms with Gasteiger partial charge in [0.1, 0.15) is 0 Å². The minimum atomic E-state index is 0. The molecule has 6 nitrogen and oxygen atoms in total. The van der Waals surface area contributed by atoms with Gasteiger partial charge in [0.25, 0.3) is 5.89 Å². The Labute approximate surface area is 152 Å². The Hall–Kier alpha value is -2.28. The Morgan fingerprint density at radius 2 is 2.04 bits per heavy atom. The van der Waals surface area contributed by atoms with Gasteiger partial charge in [-0.1, -0.05) is 29.4 Å². The van der Waals surface area contributed by atoms with Gasteiger partial charge in [0.05, 0.1) is 6.54 Å². The second-order valence-electron chi connectivity index (χ2n) is 5.86. The molecule has 0 aliphatic carbocycles. The summed E-state index contributed by atoms with van der Waals surface area (Å²) >= 11 is 0. The standard InChI is InChI=1S/C18H19N5O.ClH/c1-2-5-14(6-3-1)18-21-17(22-24-18)13-23-10-9-20-12-16(23)15-7-4-8-19-11-15;/h1-8,11,16,20H,9-10,12-13H2;1H. The molecule has 3 heterocycles. The fourth-order valence-corrected chi connectivity index (χ4v) is 3.04. The van der Waals surface area contributed by atoms with Crippen molar-refractivity contribution in [3.63, 3.8) is 0 Å². The maximum Gasteiger partial charge on any atom is 0.257 e. The van der Waals surface area contributed by atoms with Gasteiger partial charge >= 0.3 is 0 Å². The molecule has 130 valence electrons. The summed E-state index contributed by atoms with van der Waals surface area (Å²) in [6.07, 6.45) is 3.73. The molecule has 1 N–H and O–H groups in total. The van der Waals surface area contributed by atoms with Crippen molar-refractivity contribution in [1.29, 1.82) is 0 Å². The van der Waals surface area contributed by atoms with E-state index >= 15 is 0 Å². The molecule has 0 amide bonds. The van der Waals surface area contributed by atoms with E-state index in [1.54, 1.807) is 6.20 Å². The van der Waals surface area contributed by atoms with E-state index in [2.05, 4.69) is 31.4 Å². The predicted octanol–water partition coefficient (Wildman–Crippen LogP) is 2.70. The molecule has 4 rings (SSSR count). The van der Waals surface area contributed by atoms with Gasteiger partial charge in [-0.2, -0.15) is 4.98 Å². The van der Waals surface area contributed by atoms with Crippen molar-refractivity contribution in [1.82, 2.24) is 25.3 Å². The number of piperazine rings is 1. The monoisotopic (exact) mass is 357 g/mol. The Balaban J connectivity index is 0.00000182. The average Bonchev–Trinajstić information content (AvgIpc) is 3.12. The molecule has 3 aromatic rings. The number of benzene rings is 1. The lowest BCUT2D eigenvalue weighted by molar-refractivity contribution is 0.148. The van der Waals surface area contributed by atoms with Crippen molar-refractivity contribution >= 4 is 12.4 Å². The van der Waals surface area contributed by atoms with Gasteiger partial charge in [-0.25, -0.2) is 0 Å². The van der Waals surface area contributed by atoms with Crippen molar-refractivity contribution < 1.29 is 4.52 Å². The molecule has 7 heteroatoms. The topological polar surface area (TPSA) is 67.1 Å². The van der Waals surface area contributed by atoms with Crippen LogP contribution in [0.25, 0.3) is 11.5 Å². The van der Waals surface area contributed by atoms with Gasteiger partial charge in [-0.05, 0) is 23.8 Å². The van der Waals surface area contributed by atoms with Crippen LogP contribution in [0.3, 0.4) is 0 Å². The van der Waals surface area contributed by atoms with E-state index in [0.29, 0.717) is 18.3 Å². The first-order valence-electron chi connectivity index (χ1n) is 8.13. The number of halogens is 1. The highest BCUT2D eigenvalue weighted by Crippen LogP contribution is 2.24. The first-order chi connectivity index (χ1) is 11.9. The Morgan fingerprint density at radius 3 is 2.84 bits per heavy atom. The van der Waals surface area contributed by atoms with Gasteiger partial charge in [-0.3, -0.25) is 9.88 Å². The Kier molecular flexibility index (Phi) is 5.75. The Morgan fingerprint density at radius 1 is 1.16 bits per heavy atom. The van der Waals surface area contributed by atoms with E-state index in [1.165, 1.54) is 5.56 Å². The Bertz CT molecular complexity index is 780. The highest BCUT2D eigenvalue weighted by atomic mass is 35.5. The van der Waals surface area contributed by atoms with Crippen molar-refractivity contribution in [2.24, 2.45) is 0 Å². The highest BCUT2D eigenvalue weighted by Gasteiger charge is 2.25. The summed E-state index contributed by atoms with van der Waals surface area (Å²) in [5, 5.41) is 7.60. The zero-order chi connectivity index (χ0) is 16.2. The molecule has 0 saturated carbocycles. The highest BCUT2D eigenvalue weighted by molar-refractivity contribution is 5.85. The number of rotatable bonds is 4. The maximum atomic E-state index is 5.42. The molecule has 0 radical (unpaired) electrons. The van der Waals surface area contributed by atoms with Crippen LogP contribution in [0.5, 0.6) is 0 Å². The smallest absolute Gasteiger partial charge is 0.257 e. The van der Waals surface area contributed by atoms with Gasteiger partial charge in [0.15, 0.2) is 5.82 Å². The summed E-state index contributed by atoms with van der Waals surface area (Å²) in [4.78, 5) is 11.2. The lowest BCUT2D eigenvalue weighted by Gasteiger charge is -2.35. The molecule has 1 saturated heterocycles. The fraction of sp³-hybridized carbons (Fsp3) is 0.278. The molecule has 1 aliphatic heterocycles. The van der Waals surface area contributed by atoms with Crippen molar-refractivity contribution in [2.75, 3.05) is 19.6 Å².